The van der Waals surface area contributed by atoms with E-state index in [1.54, 1.807) is 30.5 Å². The van der Waals surface area contributed by atoms with Crippen LogP contribution in [0.4, 0.5) is 19.8 Å². The van der Waals surface area contributed by atoms with Crippen molar-refractivity contribution in [2.75, 3.05) is 25.5 Å². The number of pyridine rings is 2. The Morgan fingerprint density at radius 2 is 1.94 bits per heavy atom. The minimum absolute atomic E-state index is 0.0276. The van der Waals surface area contributed by atoms with Gasteiger partial charge in [0.05, 0.1) is 22.6 Å². The normalized spacial score (nSPS) is 16.9. The highest BCUT2D eigenvalue weighted by Crippen LogP contribution is 2.36. The number of fused-ring (bicyclic) bond motifs is 1. The average Bonchev–Trinajstić information content (AvgIpc) is 3.34. The first-order valence-corrected chi connectivity index (χ1v) is 12.1. The number of aliphatic hydroxyl groups is 1. The maximum atomic E-state index is 14.8. The van der Waals surface area contributed by atoms with Gasteiger partial charge in [-0.3, -0.25) is 0 Å². The quantitative estimate of drug-likeness (QED) is 0.375. The van der Waals surface area contributed by atoms with Crippen LogP contribution >= 0.6 is 12.3 Å². The SMILES string of the molecule is CN1CCC([C@@](C)(O)c2ccc3cnc(Nc4ccc(-c5ccn(SF)n5)cc4F)cc3n2)CC1. The van der Waals surface area contributed by atoms with Crippen LogP contribution in [-0.4, -0.2) is 49.3 Å². The molecule has 1 fully saturated rings. The summed E-state index contributed by atoms with van der Waals surface area (Å²) in [4.78, 5) is 11.4. The molecule has 1 aliphatic heterocycles. The highest BCUT2D eigenvalue weighted by molar-refractivity contribution is 7.92. The summed E-state index contributed by atoms with van der Waals surface area (Å²) in [5, 5.41) is 19.2. The molecule has 0 spiro atoms. The predicted molar refractivity (Wildman–Crippen MR) is 134 cm³/mol. The number of hydrogen-bond acceptors (Lipinski definition) is 7. The Morgan fingerprint density at radius 3 is 2.66 bits per heavy atom. The zero-order valence-electron chi connectivity index (χ0n) is 19.4. The van der Waals surface area contributed by atoms with Crippen molar-refractivity contribution in [3.8, 4) is 11.3 Å². The van der Waals surface area contributed by atoms with E-state index in [1.807, 2.05) is 19.1 Å². The third kappa shape index (κ3) is 4.86. The third-order valence-electron chi connectivity index (χ3n) is 6.77. The summed E-state index contributed by atoms with van der Waals surface area (Å²) in [6, 6.07) is 11.8. The molecule has 0 amide bonds. The molecule has 182 valence electrons. The molecule has 7 nitrogen and oxygen atoms in total. The fourth-order valence-corrected chi connectivity index (χ4v) is 4.79. The van der Waals surface area contributed by atoms with Crippen LogP contribution in [0.1, 0.15) is 25.5 Å². The Labute approximate surface area is 206 Å². The lowest BCUT2D eigenvalue weighted by atomic mass is 9.79. The van der Waals surface area contributed by atoms with Crippen molar-refractivity contribution in [1.29, 1.82) is 0 Å². The monoisotopic (exact) mass is 496 g/mol. The number of piperidine rings is 1. The zero-order valence-corrected chi connectivity index (χ0v) is 20.3. The van der Waals surface area contributed by atoms with Gasteiger partial charge in [0.1, 0.15) is 17.2 Å². The van der Waals surface area contributed by atoms with E-state index in [0.717, 1.165) is 35.4 Å². The molecule has 3 aromatic heterocycles. The Morgan fingerprint density at radius 1 is 1.14 bits per heavy atom. The summed E-state index contributed by atoms with van der Waals surface area (Å²) in [6.45, 7) is 3.74. The molecule has 4 heterocycles. The van der Waals surface area contributed by atoms with Gasteiger partial charge in [-0.1, -0.05) is 6.07 Å². The molecular formula is C25H26F2N6OS. The molecule has 10 heteroatoms. The van der Waals surface area contributed by atoms with E-state index in [1.165, 1.54) is 12.3 Å². The molecule has 4 aromatic rings. The standard InChI is InChI=1S/C25H26F2N6OS/c1-25(34,18-7-10-32(2)11-8-18)23-6-4-17-15-28-24(14-22(17)29-23)30-21-5-3-16(13-19(21)26)20-9-12-33(31-20)35-27/h3-6,9,12-15,18,34H,7-8,10-11H2,1-2H3,(H,28,30)/t25-/m1/s1. The highest BCUT2D eigenvalue weighted by Gasteiger charge is 2.36. The first-order valence-electron chi connectivity index (χ1n) is 11.4. The maximum Gasteiger partial charge on any atom is 0.187 e. The fourth-order valence-electron chi connectivity index (χ4n) is 4.56. The molecule has 5 rings (SSSR count). The number of benzene rings is 1. The Bertz CT molecular complexity index is 1350. The lowest BCUT2D eigenvalue weighted by Gasteiger charge is -2.38. The van der Waals surface area contributed by atoms with Gasteiger partial charge in [0.15, 0.2) is 12.3 Å². The molecule has 0 aliphatic carbocycles. The average molecular weight is 497 g/mol. The Kier molecular flexibility index (Phi) is 6.43. The predicted octanol–water partition coefficient (Wildman–Crippen LogP) is 5.31. The molecule has 0 saturated carbocycles. The van der Waals surface area contributed by atoms with Gasteiger partial charge in [-0.2, -0.15) is 9.19 Å². The number of rotatable bonds is 6. The lowest BCUT2D eigenvalue weighted by Crippen LogP contribution is -2.41. The van der Waals surface area contributed by atoms with Crippen molar-refractivity contribution in [3.63, 3.8) is 0 Å². The molecule has 1 aliphatic rings. The minimum atomic E-state index is -1.04. The molecule has 35 heavy (non-hydrogen) atoms. The second kappa shape index (κ2) is 9.52. The molecule has 0 unspecified atom stereocenters. The van der Waals surface area contributed by atoms with Crippen LogP contribution in [0.25, 0.3) is 22.2 Å². The van der Waals surface area contributed by atoms with Crippen LogP contribution in [0, 0.1) is 11.7 Å². The van der Waals surface area contributed by atoms with Gasteiger partial charge in [-0.05, 0) is 76.2 Å². The van der Waals surface area contributed by atoms with E-state index in [2.05, 4.69) is 27.3 Å². The van der Waals surface area contributed by atoms with Crippen molar-refractivity contribution < 1.29 is 13.4 Å². The van der Waals surface area contributed by atoms with Crippen molar-refractivity contribution >= 4 is 34.7 Å². The summed E-state index contributed by atoms with van der Waals surface area (Å²) < 4.78 is 28.5. The topological polar surface area (TPSA) is 79.1 Å². The van der Waals surface area contributed by atoms with E-state index in [-0.39, 0.29) is 23.9 Å². The number of halogens is 2. The Hall–Kier alpha value is -3.08. The van der Waals surface area contributed by atoms with Crippen LogP contribution in [0.5, 0.6) is 0 Å². The van der Waals surface area contributed by atoms with Crippen molar-refractivity contribution in [1.82, 2.24) is 24.1 Å². The van der Waals surface area contributed by atoms with Crippen LogP contribution < -0.4 is 5.32 Å². The molecule has 1 aromatic carbocycles. The van der Waals surface area contributed by atoms with Gasteiger partial charge in [0, 0.05) is 29.4 Å². The number of nitrogens with one attached hydrogen (secondary N) is 1. The van der Waals surface area contributed by atoms with Gasteiger partial charge < -0.3 is 15.3 Å². The van der Waals surface area contributed by atoms with Crippen molar-refractivity contribution in [3.05, 3.63) is 66.4 Å². The van der Waals surface area contributed by atoms with Crippen LogP contribution in [0.2, 0.25) is 0 Å². The first-order chi connectivity index (χ1) is 16.8. The molecule has 0 radical (unpaired) electrons. The number of hydrogen-bond donors (Lipinski definition) is 2. The van der Waals surface area contributed by atoms with Gasteiger partial charge >= 0.3 is 0 Å². The number of nitrogens with zero attached hydrogens (tertiary/aromatic N) is 5. The van der Waals surface area contributed by atoms with E-state index < -0.39 is 11.4 Å². The molecule has 2 N–H and O–H groups in total. The minimum Gasteiger partial charge on any atom is -0.384 e. The highest BCUT2D eigenvalue weighted by atomic mass is 32.2. The fraction of sp³-hybridized carbons (Fsp3) is 0.320. The van der Waals surface area contributed by atoms with Gasteiger partial charge in [-0.15, -0.1) is 3.89 Å². The van der Waals surface area contributed by atoms with E-state index in [0.29, 0.717) is 28.3 Å². The third-order valence-corrected chi connectivity index (χ3v) is 7.11. The van der Waals surface area contributed by atoms with Crippen molar-refractivity contribution in [2.24, 2.45) is 5.92 Å². The molecule has 1 saturated heterocycles. The van der Waals surface area contributed by atoms with E-state index in [9.17, 15) is 13.4 Å². The molecule has 1 atom stereocenters. The smallest absolute Gasteiger partial charge is 0.187 e. The first kappa shape index (κ1) is 23.7. The van der Waals surface area contributed by atoms with Gasteiger partial charge in [-0.25, -0.2) is 14.4 Å². The number of likely N-dealkylation sites (tertiary alicyclic amines) is 1. The lowest BCUT2D eigenvalue weighted by molar-refractivity contribution is -0.0334. The summed E-state index contributed by atoms with van der Waals surface area (Å²) in [7, 11) is 2.09. The zero-order chi connectivity index (χ0) is 24.6. The second-order valence-electron chi connectivity index (χ2n) is 9.18. The van der Waals surface area contributed by atoms with Crippen LogP contribution in [-0.2, 0) is 5.60 Å². The summed E-state index contributed by atoms with van der Waals surface area (Å²) in [5.41, 5.74) is 1.50. The van der Waals surface area contributed by atoms with E-state index >= 15 is 0 Å². The van der Waals surface area contributed by atoms with Crippen LogP contribution in [0.3, 0.4) is 0 Å². The van der Waals surface area contributed by atoms with Gasteiger partial charge in [0.25, 0.3) is 0 Å². The maximum absolute atomic E-state index is 14.8. The second-order valence-corrected chi connectivity index (χ2v) is 9.69. The summed E-state index contributed by atoms with van der Waals surface area (Å²) >= 11 is -0.0276. The van der Waals surface area contributed by atoms with Gasteiger partial charge in [0.2, 0.25) is 0 Å². The van der Waals surface area contributed by atoms with E-state index in [4.69, 9.17) is 4.98 Å². The molecular weight excluding hydrogens is 470 g/mol. The number of aromatic nitrogens is 4. The summed E-state index contributed by atoms with van der Waals surface area (Å²) in [6.07, 6.45) is 4.96. The summed E-state index contributed by atoms with van der Waals surface area (Å²) in [5.74, 6) is 0.0789. The number of anilines is 2. The largest absolute Gasteiger partial charge is 0.384 e. The Balaban J connectivity index is 1.38. The van der Waals surface area contributed by atoms with Crippen LogP contribution in [0.15, 0.2) is 54.9 Å². The van der Waals surface area contributed by atoms with Crippen molar-refractivity contribution in [2.45, 2.75) is 25.4 Å². The molecule has 0 bridgehead atoms.